The van der Waals surface area contributed by atoms with Gasteiger partial charge in [0.25, 0.3) is 5.91 Å². The Bertz CT molecular complexity index is 946. The van der Waals surface area contributed by atoms with Crippen LogP contribution in [0.3, 0.4) is 0 Å². The summed E-state index contributed by atoms with van der Waals surface area (Å²) in [5.74, 6) is 0.550. The van der Waals surface area contributed by atoms with Crippen molar-refractivity contribution in [2.24, 2.45) is 0 Å². The number of hydrogen-bond acceptors (Lipinski definition) is 4. The molecule has 0 radical (unpaired) electrons. The quantitative estimate of drug-likeness (QED) is 0.627. The minimum atomic E-state index is -0.276. The van der Waals surface area contributed by atoms with Gasteiger partial charge in [-0.25, -0.2) is 14.4 Å². The van der Waals surface area contributed by atoms with Crippen LogP contribution in [0.4, 0.5) is 10.2 Å². The van der Waals surface area contributed by atoms with Crippen LogP contribution in [0.1, 0.15) is 27.4 Å². The third kappa shape index (κ3) is 5.76. The largest absolute Gasteiger partial charge is 0.370 e. The molecule has 1 amide bonds. The van der Waals surface area contributed by atoms with Crippen LogP contribution >= 0.6 is 11.6 Å². The fraction of sp³-hybridized carbons (Fsp3) is 0.190. The van der Waals surface area contributed by atoms with Gasteiger partial charge >= 0.3 is 0 Å². The molecule has 28 heavy (non-hydrogen) atoms. The maximum absolute atomic E-state index is 13.0. The Morgan fingerprint density at radius 2 is 1.71 bits per heavy atom. The number of aromatic nitrogens is 2. The lowest BCUT2D eigenvalue weighted by Crippen LogP contribution is -2.24. The molecule has 0 saturated carbocycles. The molecule has 3 aromatic rings. The van der Waals surface area contributed by atoms with E-state index >= 15 is 0 Å². The lowest BCUT2D eigenvalue weighted by atomic mass is 10.1. The average Bonchev–Trinajstić information content (AvgIpc) is 2.68. The third-order valence-corrected chi connectivity index (χ3v) is 4.32. The topological polar surface area (TPSA) is 66.9 Å². The number of aryl methyl sites for hydroxylation is 1. The normalized spacial score (nSPS) is 10.5. The summed E-state index contributed by atoms with van der Waals surface area (Å²) >= 11 is 5.86. The molecule has 0 bridgehead atoms. The van der Waals surface area contributed by atoms with Crippen molar-refractivity contribution in [1.29, 1.82) is 0 Å². The first-order valence-electron chi connectivity index (χ1n) is 8.86. The number of benzene rings is 2. The van der Waals surface area contributed by atoms with E-state index in [0.717, 1.165) is 11.1 Å². The van der Waals surface area contributed by atoms with Crippen molar-refractivity contribution in [3.05, 3.63) is 88.1 Å². The Morgan fingerprint density at radius 1 is 1.04 bits per heavy atom. The smallest absolute Gasteiger partial charge is 0.270 e. The summed E-state index contributed by atoms with van der Waals surface area (Å²) in [6.07, 6.45) is 0.710. The van der Waals surface area contributed by atoms with Crippen molar-refractivity contribution >= 4 is 23.3 Å². The maximum atomic E-state index is 13.0. The average molecular weight is 399 g/mol. The van der Waals surface area contributed by atoms with Crippen molar-refractivity contribution in [3.8, 4) is 0 Å². The number of carbonyl (C=O) groups is 1. The molecule has 0 aliphatic carbocycles. The molecular weight excluding hydrogens is 379 g/mol. The molecule has 2 N–H and O–H groups in total. The van der Waals surface area contributed by atoms with Crippen molar-refractivity contribution in [2.75, 3.05) is 11.9 Å². The first-order chi connectivity index (χ1) is 13.5. The highest BCUT2D eigenvalue weighted by Gasteiger charge is 2.10. The van der Waals surface area contributed by atoms with Gasteiger partial charge in [0, 0.05) is 24.2 Å². The highest BCUT2D eigenvalue weighted by molar-refractivity contribution is 6.30. The van der Waals surface area contributed by atoms with Crippen molar-refractivity contribution in [3.63, 3.8) is 0 Å². The number of hydrogen-bond donors (Lipinski definition) is 2. The predicted molar refractivity (Wildman–Crippen MR) is 108 cm³/mol. The monoisotopic (exact) mass is 398 g/mol. The first-order valence-corrected chi connectivity index (χ1v) is 9.24. The van der Waals surface area contributed by atoms with E-state index in [1.165, 1.54) is 12.1 Å². The fourth-order valence-electron chi connectivity index (χ4n) is 2.64. The van der Waals surface area contributed by atoms with Crippen molar-refractivity contribution in [1.82, 2.24) is 15.3 Å². The van der Waals surface area contributed by atoms with Crippen molar-refractivity contribution in [2.45, 2.75) is 19.9 Å². The van der Waals surface area contributed by atoms with E-state index < -0.39 is 0 Å². The van der Waals surface area contributed by atoms with Gasteiger partial charge < -0.3 is 10.6 Å². The Kier molecular flexibility index (Phi) is 6.55. The van der Waals surface area contributed by atoms with E-state index in [4.69, 9.17) is 11.6 Å². The van der Waals surface area contributed by atoms with Gasteiger partial charge in [-0.05, 0) is 48.7 Å². The second-order valence-corrected chi connectivity index (χ2v) is 6.73. The molecule has 1 aromatic heterocycles. The number of amides is 1. The SMILES string of the molecule is Cc1nc(NCCc2ccc(F)cc2)cc(C(=O)NCc2ccc(Cl)cc2)n1. The van der Waals surface area contributed by atoms with Crippen LogP contribution in [0.15, 0.2) is 54.6 Å². The van der Waals surface area contributed by atoms with E-state index in [0.29, 0.717) is 41.9 Å². The summed E-state index contributed by atoms with van der Waals surface area (Å²) < 4.78 is 13.0. The lowest BCUT2D eigenvalue weighted by Gasteiger charge is -2.09. The molecular formula is C21H20ClFN4O. The molecule has 144 valence electrons. The molecule has 7 heteroatoms. The molecule has 0 aliphatic rings. The number of anilines is 1. The summed E-state index contributed by atoms with van der Waals surface area (Å²) in [5.41, 5.74) is 2.26. The minimum absolute atomic E-state index is 0.252. The molecule has 0 aliphatic heterocycles. The van der Waals surface area contributed by atoms with Gasteiger partial charge in [0.15, 0.2) is 0 Å². The van der Waals surface area contributed by atoms with Crippen LogP contribution in [-0.4, -0.2) is 22.4 Å². The molecule has 0 spiro atoms. The zero-order valence-corrected chi connectivity index (χ0v) is 16.1. The van der Waals surface area contributed by atoms with E-state index in [2.05, 4.69) is 20.6 Å². The lowest BCUT2D eigenvalue weighted by molar-refractivity contribution is 0.0945. The zero-order chi connectivity index (χ0) is 19.9. The second-order valence-electron chi connectivity index (χ2n) is 6.30. The van der Waals surface area contributed by atoms with Crippen LogP contribution in [0, 0.1) is 12.7 Å². The molecule has 3 rings (SSSR count). The number of nitrogens with one attached hydrogen (secondary N) is 2. The van der Waals surface area contributed by atoms with E-state index in [-0.39, 0.29) is 11.7 Å². The van der Waals surface area contributed by atoms with Crippen LogP contribution in [0.5, 0.6) is 0 Å². The van der Waals surface area contributed by atoms with Crippen molar-refractivity contribution < 1.29 is 9.18 Å². The van der Waals surface area contributed by atoms with Crippen LogP contribution < -0.4 is 10.6 Å². The molecule has 0 fully saturated rings. The van der Waals surface area contributed by atoms with Gasteiger partial charge in [-0.1, -0.05) is 35.9 Å². The summed E-state index contributed by atoms with van der Waals surface area (Å²) in [4.78, 5) is 20.9. The summed E-state index contributed by atoms with van der Waals surface area (Å²) in [6, 6.07) is 15.3. The summed E-state index contributed by atoms with van der Waals surface area (Å²) in [7, 11) is 0. The Labute approximate surface area is 168 Å². The van der Waals surface area contributed by atoms with Crippen LogP contribution in [0.2, 0.25) is 5.02 Å². The van der Waals surface area contributed by atoms with Gasteiger partial charge in [0.05, 0.1) is 0 Å². The van der Waals surface area contributed by atoms with Gasteiger partial charge in [0.1, 0.15) is 23.2 Å². The maximum Gasteiger partial charge on any atom is 0.270 e. The van der Waals surface area contributed by atoms with Gasteiger partial charge in [-0.3, -0.25) is 4.79 Å². The Balaban J connectivity index is 1.57. The third-order valence-electron chi connectivity index (χ3n) is 4.07. The highest BCUT2D eigenvalue weighted by Crippen LogP contribution is 2.11. The highest BCUT2D eigenvalue weighted by atomic mass is 35.5. The Hall–Kier alpha value is -2.99. The van der Waals surface area contributed by atoms with E-state index in [1.54, 1.807) is 37.3 Å². The summed E-state index contributed by atoms with van der Waals surface area (Å²) in [5, 5.41) is 6.68. The fourth-order valence-corrected chi connectivity index (χ4v) is 2.76. The van der Waals surface area contributed by atoms with E-state index in [1.807, 2.05) is 12.1 Å². The number of carbonyl (C=O) groups excluding carboxylic acids is 1. The number of nitrogens with zero attached hydrogens (tertiary/aromatic N) is 2. The van der Waals surface area contributed by atoms with Crippen LogP contribution in [0.25, 0.3) is 0 Å². The first kappa shape index (κ1) is 19.8. The second kappa shape index (κ2) is 9.28. The molecule has 1 heterocycles. The predicted octanol–water partition coefficient (Wildman–Crippen LogP) is 4.16. The zero-order valence-electron chi connectivity index (χ0n) is 15.4. The molecule has 0 atom stereocenters. The van der Waals surface area contributed by atoms with Gasteiger partial charge in [0.2, 0.25) is 0 Å². The van der Waals surface area contributed by atoms with E-state index in [9.17, 15) is 9.18 Å². The van der Waals surface area contributed by atoms with Gasteiger partial charge in [-0.15, -0.1) is 0 Å². The molecule has 5 nitrogen and oxygen atoms in total. The summed E-state index contributed by atoms with van der Waals surface area (Å²) in [6.45, 7) is 2.72. The standard InChI is InChI=1S/C21H20ClFN4O/c1-14-26-19(21(28)25-13-16-2-6-17(22)7-3-16)12-20(27-14)24-11-10-15-4-8-18(23)9-5-15/h2-9,12H,10-11,13H2,1H3,(H,25,28)(H,24,26,27). The molecule has 2 aromatic carbocycles. The van der Waals surface area contributed by atoms with Crippen LogP contribution in [-0.2, 0) is 13.0 Å². The molecule has 0 saturated heterocycles. The minimum Gasteiger partial charge on any atom is -0.370 e. The Morgan fingerprint density at radius 3 is 2.43 bits per heavy atom. The number of halogens is 2. The van der Waals surface area contributed by atoms with Gasteiger partial charge in [-0.2, -0.15) is 0 Å². The number of rotatable bonds is 7. The molecule has 0 unspecified atom stereocenters.